The minimum Gasteiger partial charge on any atom is -0.508 e. The average Bonchev–Trinajstić information content (AvgIpc) is 3.34. The SMILES string of the molecule is NC(=O)CCC(NC(=O)C1CCCN1C(=O)C(N)Cc1ccc(O)cc1)C(=O)NC(CCC(=O)O)C(=O)O. The van der Waals surface area contributed by atoms with Crippen LogP contribution in [0, 0.1) is 0 Å². The zero-order chi connectivity index (χ0) is 28.4. The Labute approximate surface area is 218 Å². The van der Waals surface area contributed by atoms with Gasteiger partial charge in [0.05, 0.1) is 6.04 Å². The molecule has 1 aromatic rings. The first-order chi connectivity index (χ1) is 17.9. The number of phenols is 1. The Morgan fingerprint density at radius 3 is 2.18 bits per heavy atom. The van der Waals surface area contributed by atoms with Crippen molar-refractivity contribution in [2.45, 2.75) is 69.1 Å². The highest BCUT2D eigenvalue weighted by atomic mass is 16.4. The molecule has 38 heavy (non-hydrogen) atoms. The second-order valence-corrected chi connectivity index (χ2v) is 9.06. The summed E-state index contributed by atoms with van der Waals surface area (Å²) in [6, 6.07) is 1.38. The van der Waals surface area contributed by atoms with Crippen molar-refractivity contribution in [3.05, 3.63) is 29.8 Å². The number of nitrogens with one attached hydrogen (secondary N) is 2. The van der Waals surface area contributed by atoms with Crippen molar-refractivity contribution in [1.82, 2.24) is 15.5 Å². The molecule has 4 amide bonds. The van der Waals surface area contributed by atoms with E-state index >= 15 is 0 Å². The molecule has 2 rings (SSSR count). The molecule has 4 unspecified atom stereocenters. The van der Waals surface area contributed by atoms with E-state index in [-0.39, 0.29) is 31.6 Å². The quantitative estimate of drug-likeness (QED) is 0.144. The van der Waals surface area contributed by atoms with E-state index < -0.39 is 72.6 Å². The van der Waals surface area contributed by atoms with Gasteiger partial charge in [-0.25, -0.2) is 4.79 Å². The molecule has 0 bridgehead atoms. The second kappa shape index (κ2) is 13.9. The Morgan fingerprint density at radius 1 is 0.974 bits per heavy atom. The fourth-order valence-corrected chi connectivity index (χ4v) is 4.11. The van der Waals surface area contributed by atoms with E-state index in [0.717, 1.165) is 0 Å². The molecule has 14 nitrogen and oxygen atoms in total. The van der Waals surface area contributed by atoms with E-state index in [4.69, 9.17) is 16.6 Å². The van der Waals surface area contributed by atoms with Gasteiger partial charge in [-0.2, -0.15) is 0 Å². The van der Waals surface area contributed by atoms with Gasteiger partial charge in [0.2, 0.25) is 23.6 Å². The van der Waals surface area contributed by atoms with Crippen LogP contribution in [0.1, 0.15) is 44.1 Å². The molecule has 0 saturated carbocycles. The number of rotatable bonds is 14. The topological polar surface area (TPSA) is 242 Å². The Hall–Kier alpha value is -4.20. The van der Waals surface area contributed by atoms with Gasteiger partial charge in [-0.1, -0.05) is 12.1 Å². The molecule has 9 N–H and O–H groups in total. The minimum atomic E-state index is -1.53. The summed E-state index contributed by atoms with van der Waals surface area (Å²) in [5.74, 6) is -5.50. The van der Waals surface area contributed by atoms with Crippen molar-refractivity contribution in [3.8, 4) is 5.75 Å². The number of carboxylic acid groups (broad SMARTS) is 2. The highest BCUT2D eigenvalue weighted by molar-refractivity contribution is 5.94. The molecule has 208 valence electrons. The molecule has 1 aliphatic heterocycles. The molecule has 1 aromatic carbocycles. The van der Waals surface area contributed by atoms with Crippen LogP contribution in [0.2, 0.25) is 0 Å². The minimum absolute atomic E-state index is 0.0661. The lowest BCUT2D eigenvalue weighted by Crippen LogP contribution is -2.57. The molecule has 0 radical (unpaired) electrons. The molecule has 14 heteroatoms. The van der Waals surface area contributed by atoms with Gasteiger partial charge in [0.1, 0.15) is 23.9 Å². The summed E-state index contributed by atoms with van der Waals surface area (Å²) in [7, 11) is 0. The molecule has 0 aromatic heterocycles. The summed E-state index contributed by atoms with van der Waals surface area (Å²) in [5.41, 5.74) is 12.0. The molecule has 0 aliphatic carbocycles. The maximum atomic E-state index is 13.1. The molecule has 1 fully saturated rings. The maximum Gasteiger partial charge on any atom is 0.326 e. The lowest BCUT2D eigenvalue weighted by Gasteiger charge is -2.28. The summed E-state index contributed by atoms with van der Waals surface area (Å²) in [6.45, 7) is 0.259. The van der Waals surface area contributed by atoms with Gasteiger partial charge in [0.15, 0.2) is 0 Å². The van der Waals surface area contributed by atoms with Gasteiger partial charge < -0.3 is 42.3 Å². The van der Waals surface area contributed by atoms with Crippen LogP contribution in [0.5, 0.6) is 5.75 Å². The van der Waals surface area contributed by atoms with Gasteiger partial charge in [-0.05, 0) is 49.8 Å². The predicted octanol–water partition coefficient (Wildman–Crippen LogP) is -1.56. The van der Waals surface area contributed by atoms with Crippen LogP contribution in [0.3, 0.4) is 0 Å². The standard InChI is InChI=1S/C24H33N5O9/c25-15(12-13-3-5-14(30)6-4-13)23(36)29-11-1-2-18(29)22(35)27-16(7-9-19(26)31)21(34)28-17(24(37)38)8-10-20(32)33/h3-6,15-18,30H,1-2,7-12,25H2,(H2,26,31)(H,27,35)(H,28,34)(H,32,33)(H,37,38). The average molecular weight is 536 g/mol. The van der Waals surface area contributed by atoms with Crippen LogP contribution in [0.25, 0.3) is 0 Å². The van der Waals surface area contributed by atoms with E-state index in [9.17, 15) is 39.0 Å². The number of hydrogen-bond donors (Lipinski definition) is 7. The predicted molar refractivity (Wildman–Crippen MR) is 131 cm³/mol. The molecule has 1 heterocycles. The normalized spacial score (nSPS) is 17.2. The zero-order valence-corrected chi connectivity index (χ0v) is 20.7. The van der Waals surface area contributed by atoms with Crippen LogP contribution in [-0.4, -0.2) is 86.5 Å². The number of aromatic hydroxyl groups is 1. The largest absolute Gasteiger partial charge is 0.508 e. The molecular weight excluding hydrogens is 502 g/mol. The first-order valence-electron chi connectivity index (χ1n) is 12.1. The van der Waals surface area contributed by atoms with E-state index in [1.54, 1.807) is 12.1 Å². The second-order valence-electron chi connectivity index (χ2n) is 9.06. The maximum absolute atomic E-state index is 13.1. The van der Waals surface area contributed by atoms with Crippen molar-refractivity contribution in [2.75, 3.05) is 6.54 Å². The Bertz CT molecular complexity index is 1050. The van der Waals surface area contributed by atoms with Crippen molar-refractivity contribution in [1.29, 1.82) is 0 Å². The monoisotopic (exact) mass is 535 g/mol. The van der Waals surface area contributed by atoms with Gasteiger partial charge >= 0.3 is 11.9 Å². The highest BCUT2D eigenvalue weighted by Crippen LogP contribution is 2.20. The van der Waals surface area contributed by atoms with Gasteiger partial charge in [-0.3, -0.25) is 24.0 Å². The summed E-state index contributed by atoms with van der Waals surface area (Å²) < 4.78 is 0. The Kier molecular flexibility index (Phi) is 11.0. The number of primary amides is 1. The summed E-state index contributed by atoms with van der Waals surface area (Å²) >= 11 is 0. The van der Waals surface area contributed by atoms with Crippen molar-refractivity contribution in [2.24, 2.45) is 11.5 Å². The van der Waals surface area contributed by atoms with Crippen LogP contribution in [-0.2, 0) is 35.2 Å². The van der Waals surface area contributed by atoms with E-state index in [0.29, 0.717) is 18.4 Å². The number of aliphatic carboxylic acids is 2. The highest BCUT2D eigenvalue weighted by Gasteiger charge is 2.38. The van der Waals surface area contributed by atoms with Crippen molar-refractivity contribution >= 4 is 35.6 Å². The number of benzene rings is 1. The fraction of sp³-hybridized carbons (Fsp3) is 0.500. The first kappa shape index (κ1) is 30.0. The summed E-state index contributed by atoms with van der Waals surface area (Å²) in [4.78, 5) is 73.8. The first-order valence-corrected chi connectivity index (χ1v) is 12.1. The lowest BCUT2D eigenvalue weighted by molar-refractivity contribution is -0.144. The van der Waals surface area contributed by atoms with E-state index in [2.05, 4.69) is 10.6 Å². The smallest absolute Gasteiger partial charge is 0.326 e. The number of phenolic OH excluding ortho intramolecular Hbond substituents is 1. The summed E-state index contributed by atoms with van der Waals surface area (Å²) in [5, 5.41) is 32.2. The van der Waals surface area contributed by atoms with Crippen LogP contribution >= 0.6 is 0 Å². The number of nitrogens with zero attached hydrogens (tertiary/aromatic N) is 1. The fourth-order valence-electron chi connectivity index (χ4n) is 4.11. The molecule has 1 saturated heterocycles. The Balaban J connectivity index is 2.09. The van der Waals surface area contributed by atoms with E-state index in [1.165, 1.54) is 17.0 Å². The lowest BCUT2D eigenvalue weighted by atomic mass is 10.0. The third-order valence-corrected chi connectivity index (χ3v) is 6.12. The van der Waals surface area contributed by atoms with Crippen molar-refractivity contribution in [3.63, 3.8) is 0 Å². The third-order valence-electron chi connectivity index (χ3n) is 6.12. The molecular formula is C24H33N5O9. The molecule has 4 atom stereocenters. The Morgan fingerprint density at radius 2 is 1.61 bits per heavy atom. The van der Waals surface area contributed by atoms with Crippen LogP contribution in [0.4, 0.5) is 0 Å². The number of amides is 4. The molecule has 0 spiro atoms. The summed E-state index contributed by atoms with van der Waals surface area (Å²) in [6.07, 6.45) is -0.472. The van der Waals surface area contributed by atoms with Gasteiger partial charge in [0, 0.05) is 19.4 Å². The number of carboxylic acids is 2. The zero-order valence-electron chi connectivity index (χ0n) is 20.7. The van der Waals surface area contributed by atoms with Gasteiger partial charge in [-0.15, -0.1) is 0 Å². The number of carbonyl (C=O) groups is 6. The van der Waals surface area contributed by atoms with Crippen LogP contribution < -0.4 is 22.1 Å². The number of nitrogens with two attached hydrogens (primary N) is 2. The number of hydrogen-bond acceptors (Lipinski definition) is 8. The number of carbonyl (C=O) groups excluding carboxylic acids is 4. The van der Waals surface area contributed by atoms with Crippen LogP contribution in [0.15, 0.2) is 24.3 Å². The third kappa shape index (κ3) is 9.03. The van der Waals surface area contributed by atoms with E-state index in [1.807, 2.05) is 0 Å². The van der Waals surface area contributed by atoms with Crippen molar-refractivity contribution < 1.29 is 44.1 Å². The molecule has 1 aliphatic rings. The van der Waals surface area contributed by atoms with Gasteiger partial charge in [0.25, 0.3) is 0 Å². The number of likely N-dealkylation sites (tertiary alicyclic amines) is 1.